The molecular weight excluding hydrogens is 120 g/mol. The highest BCUT2D eigenvalue weighted by molar-refractivity contribution is 8.17. The minimum atomic E-state index is 1.00. The van der Waals surface area contributed by atoms with Crippen LogP contribution in [0.2, 0.25) is 0 Å². The van der Waals surface area contributed by atoms with Crippen LogP contribution in [0.15, 0.2) is 16.7 Å². The largest absolute Gasteiger partial charge is 0.262 e. The molecule has 44 valence electrons. The molecule has 0 unspecified atom stereocenters. The van der Waals surface area contributed by atoms with E-state index < -0.39 is 0 Å². The van der Waals surface area contributed by atoms with E-state index in [9.17, 15) is 0 Å². The molecule has 0 N–H and O–H groups in total. The average molecular weight is 128 g/mol. The summed E-state index contributed by atoms with van der Waals surface area (Å²) in [6.45, 7) is 5.73. The standard InChI is InChI=1S/C5H8N2S/c1-4-6-7(3)5(2)8-4/h2H2,1,3H3. The number of rotatable bonds is 0. The first-order valence-corrected chi connectivity index (χ1v) is 3.17. The number of hydrogen-bond acceptors (Lipinski definition) is 3. The van der Waals surface area contributed by atoms with Crippen molar-refractivity contribution < 1.29 is 0 Å². The fourth-order valence-electron chi connectivity index (χ4n) is 0.524. The monoisotopic (exact) mass is 128 g/mol. The quantitative estimate of drug-likeness (QED) is 0.491. The second kappa shape index (κ2) is 1.82. The zero-order valence-corrected chi connectivity index (χ0v) is 5.83. The second-order valence-electron chi connectivity index (χ2n) is 1.64. The normalized spacial score (nSPS) is 19.5. The maximum Gasteiger partial charge on any atom is 0.0968 e. The van der Waals surface area contributed by atoms with E-state index in [1.807, 2.05) is 14.0 Å². The Hall–Kier alpha value is -0.440. The van der Waals surface area contributed by atoms with Gasteiger partial charge in [0.1, 0.15) is 0 Å². The summed E-state index contributed by atoms with van der Waals surface area (Å²) in [6.07, 6.45) is 0. The number of hydrazone groups is 1. The van der Waals surface area contributed by atoms with Crippen molar-refractivity contribution in [2.24, 2.45) is 5.10 Å². The predicted octanol–water partition coefficient (Wildman–Crippen LogP) is 1.47. The van der Waals surface area contributed by atoms with Gasteiger partial charge in [-0.3, -0.25) is 5.01 Å². The third kappa shape index (κ3) is 0.865. The Morgan fingerprint density at radius 2 is 2.38 bits per heavy atom. The number of hydrogen-bond donors (Lipinski definition) is 0. The highest BCUT2D eigenvalue weighted by atomic mass is 32.2. The molecule has 0 aromatic rings. The van der Waals surface area contributed by atoms with E-state index in [-0.39, 0.29) is 0 Å². The van der Waals surface area contributed by atoms with E-state index in [4.69, 9.17) is 0 Å². The lowest BCUT2D eigenvalue weighted by atomic mass is 10.9. The maximum atomic E-state index is 4.08. The van der Waals surface area contributed by atoms with Crippen molar-refractivity contribution in [3.05, 3.63) is 11.6 Å². The van der Waals surface area contributed by atoms with Crippen molar-refractivity contribution in [2.45, 2.75) is 6.92 Å². The van der Waals surface area contributed by atoms with E-state index in [0.29, 0.717) is 0 Å². The van der Waals surface area contributed by atoms with Crippen molar-refractivity contribution in [2.75, 3.05) is 7.05 Å². The van der Waals surface area contributed by atoms with Gasteiger partial charge >= 0.3 is 0 Å². The van der Waals surface area contributed by atoms with Gasteiger partial charge in [0.15, 0.2) is 0 Å². The van der Waals surface area contributed by atoms with Crippen LogP contribution in [0, 0.1) is 0 Å². The highest BCUT2D eigenvalue weighted by Crippen LogP contribution is 2.25. The smallest absolute Gasteiger partial charge is 0.0968 e. The maximum absolute atomic E-state index is 4.08. The SMILES string of the molecule is C=C1SC(C)=NN1C. The van der Waals surface area contributed by atoms with E-state index in [0.717, 1.165) is 10.1 Å². The van der Waals surface area contributed by atoms with Crippen LogP contribution in [0.1, 0.15) is 6.92 Å². The van der Waals surface area contributed by atoms with Crippen LogP contribution < -0.4 is 0 Å². The Morgan fingerprint density at radius 1 is 1.75 bits per heavy atom. The Morgan fingerprint density at radius 3 is 2.50 bits per heavy atom. The summed E-state index contributed by atoms with van der Waals surface area (Å²) >= 11 is 1.61. The van der Waals surface area contributed by atoms with Crippen LogP contribution in [0.3, 0.4) is 0 Å². The van der Waals surface area contributed by atoms with Gasteiger partial charge in [0, 0.05) is 7.05 Å². The van der Waals surface area contributed by atoms with Crippen molar-refractivity contribution in [1.29, 1.82) is 0 Å². The topological polar surface area (TPSA) is 15.6 Å². The molecule has 0 spiro atoms. The zero-order valence-electron chi connectivity index (χ0n) is 5.01. The molecule has 0 atom stereocenters. The molecule has 1 rings (SSSR count). The number of nitrogens with zero attached hydrogens (tertiary/aromatic N) is 2. The molecule has 0 bridgehead atoms. The van der Waals surface area contributed by atoms with Crippen molar-refractivity contribution in [3.8, 4) is 0 Å². The minimum absolute atomic E-state index is 1.00. The third-order valence-corrected chi connectivity index (χ3v) is 1.79. The lowest BCUT2D eigenvalue weighted by molar-refractivity contribution is 0.488. The molecule has 0 saturated carbocycles. The van der Waals surface area contributed by atoms with Crippen LogP contribution in [0.25, 0.3) is 0 Å². The van der Waals surface area contributed by atoms with Gasteiger partial charge in [-0.25, -0.2) is 0 Å². The Labute approximate surface area is 53.3 Å². The van der Waals surface area contributed by atoms with Crippen molar-refractivity contribution in [1.82, 2.24) is 5.01 Å². The van der Waals surface area contributed by atoms with Gasteiger partial charge in [-0.05, 0) is 6.92 Å². The molecule has 0 aliphatic carbocycles. The molecule has 0 aromatic heterocycles. The van der Waals surface area contributed by atoms with Crippen LogP contribution in [-0.2, 0) is 0 Å². The van der Waals surface area contributed by atoms with Crippen LogP contribution in [0.4, 0.5) is 0 Å². The van der Waals surface area contributed by atoms with Gasteiger partial charge < -0.3 is 0 Å². The molecule has 2 nitrogen and oxygen atoms in total. The van der Waals surface area contributed by atoms with Gasteiger partial charge in [0.05, 0.1) is 10.1 Å². The third-order valence-electron chi connectivity index (χ3n) is 0.917. The lowest BCUT2D eigenvalue weighted by Crippen LogP contribution is -1.99. The van der Waals surface area contributed by atoms with E-state index in [1.54, 1.807) is 16.8 Å². The summed E-state index contributed by atoms with van der Waals surface area (Å²) in [7, 11) is 1.89. The van der Waals surface area contributed by atoms with E-state index in [2.05, 4.69) is 11.7 Å². The molecule has 0 saturated heterocycles. The molecule has 3 heteroatoms. The lowest BCUT2D eigenvalue weighted by Gasteiger charge is -2.02. The molecule has 0 fully saturated rings. The fourth-order valence-corrected chi connectivity index (χ4v) is 1.20. The molecular formula is C5H8N2S. The summed E-state index contributed by atoms with van der Waals surface area (Å²) in [5.41, 5.74) is 0. The average Bonchev–Trinajstić information content (AvgIpc) is 1.85. The number of thioether (sulfide) groups is 1. The first-order chi connectivity index (χ1) is 3.70. The zero-order chi connectivity index (χ0) is 6.15. The summed E-state index contributed by atoms with van der Waals surface area (Å²) in [5, 5.41) is 7.93. The highest BCUT2D eigenvalue weighted by Gasteiger charge is 2.10. The minimum Gasteiger partial charge on any atom is -0.262 e. The predicted molar refractivity (Wildman–Crippen MR) is 37.6 cm³/mol. The molecule has 0 radical (unpaired) electrons. The van der Waals surface area contributed by atoms with E-state index in [1.165, 1.54) is 0 Å². The summed E-state index contributed by atoms with van der Waals surface area (Å²) in [4.78, 5) is 0. The summed E-state index contributed by atoms with van der Waals surface area (Å²) in [5.74, 6) is 0. The Bertz CT molecular complexity index is 151. The Balaban J connectivity index is 2.69. The van der Waals surface area contributed by atoms with Crippen LogP contribution >= 0.6 is 11.8 Å². The molecule has 1 heterocycles. The molecule has 0 aromatic carbocycles. The molecule has 8 heavy (non-hydrogen) atoms. The fraction of sp³-hybridized carbons (Fsp3) is 0.400. The van der Waals surface area contributed by atoms with Gasteiger partial charge in [-0.2, -0.15) is 5.10 Å². The van der Waals surface area contributed by atoms with Crippen LogP contribution in [-0.4, -0.2) is 17.1 Å². The van der Waals surface area contributed by atoms with Crippen molar-refractivity contribution >= 4 is 16.8 Å². The second-order valence-corrected chi connectivity index (χ2v) is 2.90. The van der Waals surface area contributed by atoms with E-state index >= 15 is 0 Å². The molecule has 0 amide bonds. The van der Waals surface area contributed by atoms with Gasteiger partial charge in [0.2, 0.25) is 0 Å². The van der Waals surface area contributed by atoms with Crippen molar-refractivity contribution in [3.63, 3.8) is 0 Å². The summed E-state index contributed by atoms with van der Waals surface area (Å²) in [6, 6.07) is 0. The van der Waals surface area contributed by atoms with Crippen LogP contribution in [0.5, 0.6) is 0 Å². The Kier molecular flexibility index (Phi) is 1.29. The van der Waals surface area contributed by atoms with Gasteiger partial charge in [-0.15, -0.1) is 0 Å². The van der Waals surface area contributed by atoms with Gasteiger partial charge in [0.25, 0.3) is 0 Å². The molecule has 1 aliphatic rings. The first kappa shape index (κ1) is 5.69. The van der Waals surface area contributed by atoms with Gasteiger partial charge in [-0.1, -0.05) is 18.3 Å². The summed E-state index contributed by atoms with van der Waals surface area (Å²) < 4.78 is 0. The molecule has 1 aliphatic heterocycles. The first-order valence-electron chi connectivity index (χ1n) is 2.36.